The first-order valence-electron chi connectivity index (χ1n) is 5.58. The molecule has 84 valence electrons. The first-order chi connectivity index (χ1) is 7.09. The number of nitrogens with zero attached hydrogens (tertiary/aromatic N) is 2. The van der Waals surface area contributed by atoms with E-state index in [9.17, 15) is 0 Å². The van der Waals surface area contributed by atoms with Crippen molar-refractivity contribution in [1.29, 1.82) is 0 Å². The molecule has 1 atom stereocenters. The first kappa shape index (κ1) is 11.0. The fourth-order valence-corrected chi connectivity index (χ4v) is 2.20. The molecule has 1 aliphatic carbocycles. The van der Waals surface area contributed by atoms with Crippen molar-refractivity contribution in [3.05, 3.63) is 16.9 Å². The van der Waals surface area contributed by atoms with Crippen molar-refractivity contribution in [1.82, 2.24) is 9.78 Å². The highest BCUT2D eigenvalue weighted by molar-refractivity contribution is 6.31. The summed E-state index contributed by atoms with van der Waals surface area (Å²) in [6, 6.07) is 0.354. The maximum Gasteiger partial charge on any atom is 0.0834 e. The minimum absolute atomic E-state index is 0.0369. The maximum atomic E-state index is 6.17. The van der Waals surface area contributed by atoms with Crippen molar-refractivity contribution in [3.63, 3.8) is 0 Å². The number of hydrogen-bond donors (Lipinski definition) is 1. The van der Waals surface area contributed by atoms with Crippen LogP contribution in [0.2, 0.25) is 5.02 Å². The summed E-state index contributed by atoms with van der Waals surface area (Å²) >= 11 is 6.12. The first-order valence-corrected chi connectivity index (χ1v) is 5.96. The zero-order valence-electron chi connectivity index (χ0n) is 9.28. The molecule has 0 spiro atoms. The molecule has 2 N–H and O–H groups in total. The highest BCUT2D eigenvalue weighted by atomic mass is 35.5. The summed E-state index contributed by atoms with van der Waals surface area (Å²) in [5, 5.41) is 4.97. The van der Waals surface area contributed by atoms with Gasteiger partial charge in [0.25, 0.3) is 0 Å². The lowest BCUT2D eigenvalue weighted by atomic mass is 10.1. The summed E-state index contributed by atoms with van der Waals surface area (Å²) in [7, 11) is 0. The van der Waals surface area contributed by atoms with E-state index in [2.05, 4.69) is 18.9 Å². The minimum atomic E-state index is 0.0369. The van der Waals surface area contributed by atoms with Gasteiger partial charge in [-0.05, 0) is 26.2 Å². The molecule has 0 aromatic carbocycles. The zero-order valence-corrected chi connectivity index (χ0v) is 10.0. The normalized spacial score (nSPS) is 18.5. The molecule has 1 heterocycles. The Labute approximate surface area is 95.6 Å². The van der Waals surface area contributed by atoms with Crippen LogP contribution in [-0.2, 0) is 0 Å². The lowest BCUT2D eigenvalue weighted by molar-refractivity contribution is 0.468. The summed E-state index contributed by atoms with van der Waals surface area (Å²) in [6.07, 6.45) is 5.38. The number of aromatic nitrogens is 2. The predicted molar refractivity (Wildman–Crippen MR) is 61.9 cm³/mol. The third-order valence-electron chi connectivity index (χ3n) is 2.91. The molecule has 1 aromatic heterocycles. The van der Waals surface area contributed by atoms with E-state index in [-0.39, 0.29) is 6.04 Å². The minimum Gasteiger partial charge on any atom is -0.323 e. The van der Waals surface area contributed by atoms with Crippen LogP contribution in [0.15, 0.2) is 6.20 Å². The van der Waals surface area contributed by atoms with Crippen molar-refractivity contribution >= 4 is 11.6 Å². The second-order valence-corrected chi connectivity index (χ2v) is 5.11. The average molecular weight is 228 g/mol. The third kappa shape index (κ3) is 2.34. The number of nitrogens with two attached hydrogens (primary N) is 1. The summed E-state index contributed by atoms with van der Waals surface area (Å²) in [5.41, 5.74) is 7.17. The Bertz CT molecular complexity index is 342. The number of rotatable bonds is 4. The largest absolute Gasteiger partial charge is 0.323 e. The molecular weight excluding hydrogens is 210 g/mol. The zero-order chi connectivity index (χ0) is 11.0. The number of hydrogen-bond acceptors (Lipinski definition) is 2. The fraction of sp³-hybridized carbons (Fsp3) is 0.727. The van der Waals surface area contributed by atoms with Gasteiger partial charge in [0.05, 0.1) is 16.9 Å². The van der Waals surface area contributed by atoms with E-state index >= 15 is 0 Å². The van der Waals surface area contributed by atoms with E-state index in [0.717, 1.165) is 18.0 Å². The van der Waals surface area contributed by atoms with Crippen LogP contribution in [0.1, 0.15) is 50.9 Å². The van der Waals surface area contributed by atoms with Crippen molar-refractivity contribution in [2.75, 3.05) is 0 Å². The second kappa shape index (κ2) is 4.14. The monoisotopic (exact) mass is 227 g/mol. The van der Waals surface area contributed by atoms with Crippen LogP contribution >= 0.6 is 11.6 Å². The van der Waals surface area contributed by atoms with Gasteiger partial charge in [-0.1, -0.05) is 24.4 Å². The molecule has 1 fully saturated rings. The molecule has 3 nitrogen and oxygen atoms in total. The van der Waals surface area contributed by atoms with E-state index in [0.29, 0.717) is 11.1 Å². The van der Waals surface area contributed by atoms with E-state index in [1.807, 2.05) is 4.68 Å². The Morgan fingerprint density at radius 2 is 2.27 bits per heavy atom. The van der Waals surface area contributed by atoms with Crippen LogP contribution in [0.3, 0.4) is 0 Å². The van der Waals surface area contributed by atoms with Gasteiger partial charge in [0.2, 0.25) is 0 Å². The van der Waals surface area contributed by atoms with E-state index < -0.39 is 0 Å². The Hall–Kier alpha value is -0.540. The van der Waals surface area contributed by atoms with Gasteiger partial charge >= 0.3 is 0 Å². The Morgan fingerprint density at radius 1 is 1.60 bits per heavy atom. The quantitative estimate of drug-likeness (QED) is 0.860. The van der Waals surface area contributed by atoms with Crippen molar-refractivity contribution in [2.24, 2.45) is 11.7 Å². The molecule has 0 radical (unpaired) electrons. The van der Waals surface area contributed by atoms with Crippen LogP contribution in [-0.4, -0.2) is 9.78 Å². The topological polar surface area (TPSA) is 43.8 Å². The molecule has 0 bridgehead atoms. The highest BCUT2D eigenvalue weighted by Crippen LogP contribution is 2.38. The Morgan fingerprint density at radius 3 is 2.80 bits per heavy atom. The highest BCUT2D eigenvalue weighted by Gasteiger charge is 2.27. The Kier molecular flexibility index (Phi) is 3.03. The number of halogens is 1. The van der Waals surface area contributed by atoms with Gasteiger partial charge in [-0.25, -0.2) is 0 Å². The van der Waals surface area contributed by atoms with E-state index in [1.54, 1.807) is 6.20 Å². The van der Waals surface area contributed by atoms with Gasteiger partial charge in [0.1, 0.15) is 0 Å². The smallest absolute Gasteiger partial charge is 0.0834 e. The molecule has 1 unspecified atom stereocenters. The standard InChI is InChI=1S/C11H18ClN3/c1-7(2)15-11(9(12)6-14-15)10(13)5-8-3-4-8/h6-8,10H,3-5,13H2,1-2H3. The molecule has 4 heteroatoms. The van der Waals surface area contributed by atoms with Gasteiger partial charge in [-0.3, -0.25) is 4.68 Å². The molecule has 1 aromatic rings. The van der Waals surface area contributed by atoms with Gasteiger partial charge in [0.15, 0.2) is 0 Å². The molecule has 15 heavy (non-hydrogen) atoms. The average Bonchev–Trinajstić information content (AvgIpc) is 2.86. The third-order valence-corrected chi connectivity index (χ3v) is 3.20. The van der Waals surface area contributed by atoms with Crippen LogP contribution in [0.25, 0.3) is 0 Å². The van der Waals surface area contributed by atoms with Gasteiger partial charge in [-0.15, -0.1) is 0 Å². The van der Waals surface area contributed by atoms with Crippen molar-refractivity contribution in [2.45, 2.75) is 45.2 Å². The van der Waals surface area contributed by atoms with E-state index in [1.165, 1.54) is 12.8 Å². The second-order valence-electron chi connectivity index (χ2n) is 4.70. The Balaban J connectivity index is 2.19. The van der Waals surface area contributed by atoms with E-state index in [4.69, 9.17) is 17.3 Å². The van der Waals surface area contributed by atoms with Crippen LogP contribution in [0.4, 0.5) is 0 Å². The summed E-state index contributed by atoms with van der Waals surface area (Å²) in [4.78, 5) is 0. The van der Waals surface area contributed by atoms with Gasteiger partial charge in [0, 0.05) is 12.1 Å². The van der Waals surface area contributed by atoms with Gasteiger partial charge < -0.3 is 5.73 Å². The predicted octanol–water partition coefficient (Wildman–Crippen LogP) is 2.92. The molecule has 0 aliphatic heterocycles. The lowest BCUT2D eigenvalue weighted by Gasteiger charge is -2.17. The van der Waals surface area contributed by atoms with Gasteiger partial charge in [-0.2, -0.15) is 5.10 Å². The van der Waals surface area contributed by atoms with Crippen molar-refractivity contribution in [3.8, 4) is 0 Å². The molecule has 2 rings (SSSR count). The fourth-order valence-electron chi connectivity index (χ4n) is 1.93. The summed E-state index contributed by atoms with van der Waals surface area (Å²) < 4.78 is 1.94. The van der Waals surface area contributed by atoms with Crippen LogP contribution < -0.4 is 5.73 Å². The maximum absolute atomic E-state index is 6.17. The van der Waals surface area contributed by atoms with Crippen molar-refractivity contribution < 1.29 is 0 Å². The van der Waals surface area contributed by atoms with Crippen LogP contribution in [0, 0.1) is 5.92 Å². The molecule has 1 aliphatic rings. The lowest BCUT2D eigenvalue weighted by Crippen LogP contribution is -2.18. The summed E-state index contributed by atoms with van der Waals surface area (Å²) in [5.74, 6) is 0.812. The molecule has 0 saturated heterocycles. The molecule has 1 saturated carbocycles. The molecule has 0 amide bonds. The van der Waals surface area contributed by atoms with Crippen LogP contribution in [0.5, 0.6) is 0 Å². The summed E-state index contributed by atoms with van der Waals surface area (Å²) in [6.45, 7) is 4.19. The molecular formula is C11H18ClN3. The SMILES string of the molecule is CC(C)n1ncc(Cl)c1C(N)CC1CC1.